The third-order valence-electron chi connectivity index (χ3n) is 5.20. The van der Waals surface area contributed by atoms with Gasteiger partial charge in [-0.05, 0) is 48.7 Å². The lowest BCUT2D eigenvalue weighted by Crippen LogP contribution is -2.30. The van der Waals surface area contributed by atoms with E-state index in [0.717, 1.165) is 7.05 Å². The first-order valence-corrected chi connectivity index (χ1v) is 10.3. The van der Waals surface area contributed by atoms with E-state index in [2.05, 4.69) is 10.4 Å². The zero-order valence-corrected chi connectivity index (χ0v) is 18.8. The van der Waals surface area contributed by atoms with Gasteiger partial charge in [0, 0.05) is 18.5 Å². The van der Waals surface area contributed by atoms with Crippen LogP contribution in [0, 0.1) is 6.92 Å². The van der Waals surface area contributed by atoms with Crippen LogP contribution in [0.4, 0.5) is 13.2 Å². The first-order valence-electron chi connectivity index (χ1n) is 9.90. The number of amides is 1. The van der Waals surface area contributed by atoms with E-state index in [1.54, 1.807) is 44.2 Å². The van der Waals surface area contributed by atoms with E-state index < -0.39 is 35.4 Å². The Bertz CT molecular complexity index is 1220. The van der Waals surface area contributed by atoms with Crippen LogP contribution in [-0.4, -0.2) is 26.8 Å². The summed E-state index contributed by atoms with van der Waals surface area (Å²) in [4.78, 5) is 24.3. The maximum Gasteiger partial charge on any atom is 0.433 e. The molecule has 0 bridgehead atoms. The van der Waals surface area contributed by atoms with Gasteiger partial charge in [-0.15, -0.1) is 0 Å². The Morgan fingerprint density at radius 2 is 1.91 bits per heavy atom. The van der Waals surface area contributed by atoms with Crippen LogP contribution in [0.3, 0.4) is 0 Å². The summed E-state index contributed by atoms with van der Waals surface area (Å²) in [6.07, 6.45) is -4.82. The largest absolute Gasteiger partial charge is 0.478 e. The predicted molar refractivity (Wildman–Crippen MR) is 116 cm³/mol. The van der Waals surface area contributed by atoms with Gasteiger partial charge in [0.25, 0.3) is 5.91 Å². The fourth-order valence-electron chi connectivity index (χ4n) is 3.66. The van der Waals surface area contributed by atoms with Crippen molar-refractivity contribution in [1.29, 1.82) is 0 Å². The number of carboxylic acid groups (broad SMARTS) is 1. The average Bonchev–Trinajstić information content (AvgIpc) is 3.03. The van der Waals surface area contributed by atoms with Gasteiger partial charge in [0.1, 0.15) is 0 Å². The molecule has 2 aromatic carbocycles. The molecule has 174 valence electrons. The fourth-order valence-corrected chi connectivity index (χ4v) is 3.87. The summed E-state index contributed by atoms with van der Waals surface area (Å²) in [7, 11) is 1.14. The molecule has 2 N–H and O–H groups in total. The SMILES string of the molecule is Cc1cc([C@H](C)NC(=O)c2c(Cc3cccc(Cl)c3)nn(C)c2C(F)(F)F)ccc1C(=O)O. The van der Waals surface area contributed by atoms with Crippen molar-refractivity contribution in [3.63, 3.8) is 0 Å². The zero-order chi connectivity index (χ0) is 24.5. The molecule has 3 aromatic rings. The lowest BCUT2D eigenvalue weighted by Gasteiger charge is -2.17. The Kier molecular flexibility index (Phi) is 6.83. The molecule has 33 heavy (non-hydrogen) atoms. The highest BCUT2D eigenvalue weighted by Crippen LogP contribution is 2.34. The van der Waals surface area contributed by atoms with Crippen LogP contribution in [0.2, 0.25) is 5.02 Å². The van der Waals surface area contributed by atoms with Crippen molar-refractivity contribution in [3.8, 4) is 0 Å². The monoisotopic (exact) mass is 479 g/mol. The number of carbonyl (C=O) groups excluding carboxylic acids is 1. The molecule has 0 fully saturated rings. The van der Waals surface area contributed by atoms with Crippen molar-refractivity contribution in [3.05, 3.63) is 86.7 Å². The number of aryl methyl sites for hydroxylation is 2. The molecular formula is C23H21ClF3N3O3. The second kappa shape index (κ2) is 9.27. The minimum atomic E-state index is -4.80. The lowest BCUT2D eigenvalue weighted by atomic mass is 10.00. The third-order valence-corrected chi connectivity index (χ3v) is 5.44. The smallest absolute Gasteiger partial charge is 0.433 e. The standard InChI is InChI=1S/C23H21ClF3N3O3/c1-12-9-15(7-8-17(12)22(32)33)13(2)28-21(31)19-18(11-14-5-4-6-16(24)10-14)29-30(3)20(19)23(25,26)27/h4-10,13H,11H2,1-3H3,(H,28,31)(H,32,33)/t13-/m0/s1. The maximum atomic E-state index is 13.8. The Morgan fingerprint density at radius 1 is 1.21 bits per heavy atom. The van der Waals surface area contributed by atoms with Crippen molar-refractivity contribution < 1.29 is 27.9 Å². The number of carboxylic acids is 1. The summed E-state index contributed by atoms with van der Waals surface area (Å²) in [6, 6.07) is 10.4. The van der Waals surface area contributed by atoms with E-state index in [-0.39, 0.29) is 17.7 Å². The van der Waals surface area contributed by atoms with Crippen LogP contribution in [0.15, 0.2) is 42.5 Å². The van der Waals surface area contributed by atoms with Gasteiger partial charge in [0.05, 0.1) is 22.9 Å². The highest BCUT2D eigenvalue weighted by atomic mass is 35.5. The van der Waals surface area contributed by atoms with Crippen LogP contribution < -0.4 is 5.32 Å². The first-order chi connectivity index (χ1) is 15.4. The number of benzene rings is 2. The van der Waals surface area contributed by atoms with Crippen LogP contribution in [0.25, 0.3) is 0 Å². The molecule has 0 unspecified atom stereocenters. The molecule has 0 radical (unpaired) electrons. The minimum Gasteiger partial charge on any atom is -0.478 e. The van der Waals surface area contributed by atoms with Gasteiger partial charge in [-0.1, -0.05) is 35.9 Å². The number of nitrogens with one attached hydrogen (secondary N) is 1. The Hall–Kier alpha value is -3.33. The molecular weight excluding hydrogens is 459 g/mol. The number of rotatable bonds is 6. The summed E-state index contributed by atoms with van der Waals surface area (Å²) in [5, 5.41) is 16.2. The normalized spacial score (nSPS) is 12.5. The summed E-state index contributed by atoms with van der Waals surface area (Å²) in [5.41, 5.74) is -0.00432. The Labute approximate surface area is 193 Å². The van der Waals surface area contributed by atoms with E-state index in [1.807, 2.05) is 0 Å². The first kappa shape index (κ1) is 24.3. The van der Waals surface area contributed by atoms with Crippen LogP contribution in [0.1, 0.15) is 61.8 Å². The Morgan fingerprint density at radius 3 is 2.48 bits per heavy atom. The molecule has 0 saturated carbocycles. The summed E-state index contributed by atoms with van der Waals surface area (Å²) < 4.78 is 42.1. The van der Waals surface area contributed by atoms with Gasteiger partial charge in [-0.3, -0.25) is 9.48 Å². The molecule has 10 heteroatoms. The molecule has 3 rings (SSSR count). The topological polar surface area (TPSA) is 84.2 Å². The maximum absolute atomic E-state index is 13.8. The van der Waals surface area contributed by atoms with Gasteiger partial charge in [0.15, 0.2) is 5.69 Å². The van der Waals surface area contributed by atoms with E-state index >= 15 is 0 Å². The highest BCUT2D eigenvalue weighted by molar-refractivity contribution is 6.30. The molecule has 0 aliphatic carbocycles. The molecule has 1 amide bonds. The number of aromatic carboxylic acids is 1. The minimum absolute atomic E-state index is 0.0198. The fraction of sp³-hybridized carbons (Fsp3) is 0.261. The zero-order valence-electron chi connectivity index (χ0n) is 18.0. The molecule has 6 nitrogen and oxygen atoms in total. The molecule has 0 saturated heterocycles. The predicted octanol–water partition coefficient (Wildman–Crippen LogP) is 5.18. The van der Waals surface area contributed by atoms with Gasteiger partial charge in [0.2, 0.25) is 0 Å². The second-order valence-corrected chi connectivity index (χ2v) is 8.11. The average molecular weight is 480 g/mol. The van der Waals surface area contributed by atoms with Gasteiger partial charge in [-0.25, -0.2) is 4.79 Å². The number of carbonyl (C=O) groups is 2. The molecule has 1 heterocycles. The molecule has 1 atom stereocenters. The van der Waals surface area contributed by atoms with Crippen molar-refractivity contribution in [2.24, 2.45) is 7.05 Å². The lowest BCUT2D eigenvalue weighted by molar-refractivity contribution is -0.144. The van der Waals surface area contributed by atoms with E-state index in [1.165, 1.54) is 12.1 Å². The molecule has 1 aromatic heterocycles. The Balaban J connectivity index is 1.97. The van der Waals surface area contributed by atoms with Crippen LogP contribution in [-0.2, 0) is 19.6 Å². The number of aromatic nitrogens is 2. The van der Waals surface area contributed by atoms with Crippen LogP contribution in [0.5, 0.6) is 0 Å². The highest BCUT2D eigenvalue weighted by Gasteiger charge is 2.41. The number of nitrogens with zero attached hydrogens (tertiary/aromatic N) is 2. The van der Waals surface area contributed by atoms with E-state index in [0.29, 0.717) is 26.4 Å². The summed E-state index contributed by atoms with van der Waals surface area (Å²) in [5.74, 6) is -2.02. The number of hydrogen-bond donors (Lipinski definition) is 2. The number of halogens is 4. The third kappa shape index (κ3) is 5.36. The van der Waals surface area contributed by atoms with E-state index in [9.17, 15) is 27.9 Å². The van der Waals surface area contributed by atoms with Gasteiger partial charge in [-0.2, -0.15) is 18.3 Å². The number of alkyl halides is 3. The van der Waals surface area contributed by atoms with Crippen molar-refractivity contribution in [1.82, 2.24) is 15.1 Å². The summed E-state index contributed by atoms with van der Waals surface area (Å²) in [6.45, 7) is 3.21. The molecule has 0 spiro atoms. The van der Waals surface area contributed by atoms with Gasteiger partial charge >= 0.3 is 12.1 Å². The van der Waals surface area contributed by atoms with Crippen LogP contribution >= 0.6 is 11.6 Å². The molecule has 0 aliphatic rings. The van der Waals surface area contributed by atoms with Crippen molar-refractivity contribution in [2.75, 3.05) is 0 Å². The second-order valence-electron chi connectivity index (χ2n) is 7.67. The summed E-state index contributed by atoms with van der Waals surface area (Å²) >= 11 is 5.98. The van der Waals surface area contributed by atoms with Gasteiger partial charge < -0.3 is 10.4 Å². The number of hydrogen-bond acceptors (Lipinski definition) is 3. The van der Waals surface area contributed by atoms with Crippen molar-refractivity contribution >= 4 is 23.5 Å². The quantitative estimate of drug-likeness (QED) is 0.510. The molecule has 0 aliphatic heterocycles. The van der Waals surface area contributed by atoms with Crippen molar-refractivity contribution in [2.45, 2.75) is 32.5 Å². The van der Waals surface area contributed by atoms with E-state index in [4.69, 9.17) is 11.6 Å².